The molecule has 0 aliphatic heterocycles. The lowest BCUT2D eigenvalue weighted by Gasteiger charge is -2.24. The van der Waals surface area contributed by atoms with Gasteiger partial charge in [-0.1, -0.05) is 72.8 Å². The molecule has 1 aliphatic carbocycles. The minimum atomic E-state index is -0.585. The quantitative estimate of drug-likeness (QED) is 0.0898. The molecular formula is C51H38N4O6. The average Bonchev–Trinajstić information content (AvgIpc) is 3.24. The Morgan fingerprint density at radius 1 is 0.492 bits per heavy atom. The number of anilines is 3. The highest BCUT2D eigenvalue weighted by atomic mass is 16.3. The topological polar surface area (TPSA) is 157 Å². The van der Waals surface area contributed by atoms with Crippen molar-refractivity contribution in [1.82, 2.24) is 5.32 Å². The first-order valence-electron chi connectivity index (χ1n) is 19.6. The van der Waals surface area contributed by atoms with E-state index in [9.17, 15) is 29.4 Å². The second-order valence-electron chi connectivity index (χ2n) is 15.2. The lowest BCUT2D eigenvalue weighted by atomic mass is 9.88. The highest BCUT2D eigenvalue weighted by Crippen LogP contribution is 2.39. The van der Waals surface area contributed by atoms with Crippen LogP contribution in [0.3, 0.4) is 0 Å². The van der Waals surface area contributed by atoms with Crippen LogP contribution in [0.1, 0.15) is 69.7 Å². The zero-order valence-electron chi connectivity index (χ0n) is 33.0. The molecule has 4 amide bonds. The van der Waals surface area contributed by atoms with E-state index in [2.05, 4.69) is 21.3 Å². The minimum Gasteiger partial charge on any atom is -0.507 e. The average molecular weight is 803 g/mol. The molecule has 1 unspecified atom stereocenters. The standard InChI is InChI=1S/C51H38N4O6/c1-28-6-3-9-37(20-28)52-48(58)33-14-12-31-26-45(56)41(24-35(31)22-33)50(60)54-43-18-16-30-8-5-11-39-44(19-17-40(43)47(30)39)55-51(61)42-25-36-23-34(15-13-32(36)27-46(42)57)49(59)53-38-10-4-7-29(2)21-38/h3-27,44,56-57H,1-2H3,(H,52,58)(H,53,59)(H,54,60)(H,55,61). The predicted octanol–water partition coefficient (Wildman–Crippen LogP) is 10.4. The molecule has 0 saturated carbocycles. The number of phenols is 2. The molecule has 10 nitrogen and oxygen atoms in total. The van der Waals surface area contributed by atoms with Gasteiger partial charge in [-0.25, -0.2) is 0 Å². The lowest BCUT2D eigenvalue weighted by molar-refractivity contribution is 0.0940. The second kappa shape index (κ2) is 15.5. The van der Waals surface area contributed by atoms with Crippen molar-refractivity contribution in [2.45, 2.75) is 19.9 Å². The number of hydrogen-bond donors (Lipinski definition) is 6. The van der Waals surface area contributed by atoms with Crippen LogP contribution in [0.15, 0.2) is 146 Å². The first kappa shape index (κ1) is 38.3. The molecule has 0 fully saturated rings. The summed E-state index contributed by atoms with van der Waals surface area (Å²) >= 11 is 0. The third-order valence-corrected chi connectivity index (χ3v) is 10.9. The number of aromatic hydroxyl groups is 2. The van der Waals surface area contributed by atoms with Gasteiger partial charge in [0, 0.05) is 33.8 Å². The fourth-order valence-electron chi connectivity index (χ4n) is 7.88. The highest BCUT2D eigenvalue weighted by Gasteiger charge is 2.25. The molecule has 0 aromatic heterocycles. The van der Waals surface area contributed by atoms with Gasteiger partial charge in [-0.2, -0.15) is 0 Å². The predicted molar refractivity (Wildman–Crippen MR) is 241 cm³/mol. The SMILES string of the molecule is Cc1cccc(NC(=O)c2ccc3cc(O)c(C(=O)Nc4ccc5cccc6c5c4C=CC6NC(=O)c4cc5cc(C(=O)Nc6cccc(C)c6)ccc5cc4O)cc3c2)c1. The molecule has 10 heteroatoms. The van der Waals surface area contributed by atoms with E-state index < -0.39 is 17.9 Å². The van der Waals surface area contributed by atoms with Crippen LogP contribution < -0.4 is 21.3 Å². The van der Waals surface area contributed by atoms with Gasteiger partial charge in [-0.05, 0) is 142 Å². The van der Waals surface area contributed by atoms with Gasteiger partial charge in [0.05, 0.1) is 17.2 Å². The lowest BCUT2D eigenvalue weighted by Crippen LogP contribution is -2.28. The molecule has 9 rings (SSSR count). The smallest absolute Gasteiger partial charge is 0.259 e. The van der Waals surface area contributed by atoms with E-state index in [1.54, 1.807) is 54.6 Å². The number of carbonyl (C=O) groups excluding carboxylic acids is 4. The van der Waals surface area contributed by atoms with E-state index in [4.69, 9.17) is 0 Å². The first-order valence-corrected chi connectivity index (χ1v) is 19.6. The van der Waals surface area contributed by atoms with Gasteiger partial charge in [-0.3, -0.25) is 19.2 Å². The van der Waals surface area contributed by atoms with Crippen LogP contribution in [0.2, 0.25) is 0 Å². The van der Waals surface area contributed by atoms with Crippen LogP contribution in [-0.4, -0.2) is 33.8 Å². The van der Waals surface area contributed by atoms with Crippen molar-refractivity contribution in [2.75, 3.05) is 16.0 Å². The summed E-state index contributed by atoms with van der Waals surface area (Å²) in [6.45, 7) is 3.89. The molecule has 0 radical (unpaired) electrons. The summed E-state index contributed by atoms with van der Waals surface area (Å²) in [7, 11) is 0. The zero-order valence-corrected chi connectivity index (χ0v) is 33.0. The van der Waals surface area contributed by atoms with Gasteiger partial charge in [-0.15, -0.1) is 0 Å². The normalized spacial score (nSPS) is 12.9. The number of carbonyl (C=O) groups is 4. The minimum absolute atomic E-state index is 0.0310. The van der Waals surface area contributed by atoms with Gasteiger partial charge < -0.3 is 31.5 Å². The summed E-state index contributed by atoms with van der Waals surface area (Å²) in [6, 6.07) is 40.1. The van der Waals surface area contributed by atoms with Crippen LogP contribution in [-0.2, 0) is 0 Å². The summed E-state index contributed by atoms with van der Waals surface area (Å²) in [5.74, 6) is -2.09. The fraction of sp³-hybridized carbons (Fsp3) is 0.0588. The molecule has 1 atom stereocenters. The number of hydrogen-bond acceptors (Lipinski definition) is 6. The third-order valence-electron chi connectivity index (χ3n) is 10.9. The molecule has 1 aliphatic rings. The van der Waals surface area contributed by atoms with Crippen molar-refractivity contribution < 1.29 is 29.4 Å². The Balaban J connectivity index is 0.953. The van der Waals surface area contributed by atoms with Crippen molar-refractivity contribution in [1.29, 1.82) is 0 Å². The van der Waals surface area contributed by atoms with E-state index in [1.807, 2.05) is 98.8 Å². The molecule has 298 valence electrons. The van der Waals surface area contributed by atoms with Crippen LogP contribution in [0.5, 0.6) is 11.5 Å². The number of rotatable bonds is 8. The first-order chi connectivity index (χ1) is 29.5. The summed E-state index contributed by atoms with van der Waals surface area (Å²) in [6.07, 6.45) is 3.64. The van der Waals surface area contributed by atoms with E-state index >= 15 is 0 Å². The number of fused-ring (bicyclic) bond motifs is 2. The molecule has 0 bridgehead atoms. The molecule has 8 aromatic carbocycles. The highest BCUT2D eigenvalue weighted by molar-refractivity contribution is 6.13. The second-order valence-corrected chi connectivity index (χ2v) is 15.2. The number of nitrogens with one attached hydrogen (secondary N) is 4. The summed E-state index contributed by atoms with van der Waals surface area (Å²) in [4.78, 5) is 53.9. The van der Waals surface area contributed by atoms with Crippen molar-refractivity contribution >= 4 is 79.1 Å². The Morgan fingerprint density at radius 3 is 1.61 bits per heavy atom. The Hall–Kier alpha value is -8.24. The van der Waals surface area contributed by atoms with E-state index in [-0.39, 0.29) is 34.4 Å². The van der Waals surface area contributed by atoms with Gasteiger partial charge in [0.15, 0.2) is 0 Å². The van der Waals surface area contributed by atoms with Gasteiger partial charge in [0.25, 0.3) is 23.6 Å². The van der Waals surface area contributed by atoms with Crippen molar-refractivity contribution in [2.24, 2.45) is 0 Å². The number of amides is 4. The molecule has 8 aromatic rings. The van der Waals surface area contributed by atoms with Gasteiger partial charge in [0.1, 0.15) is 11.5 Å². The zero-order chi connectivity index (χ0) is 42.4. The number of benzene rings is 8. The fourth-order valence-corrected chi connectivity index (χ4v) is 7.88. The largest absolute Gasteiger partial charge is 0.507 e. The molecule has 0 heterocycles. The maximum atomic E-state index is 13.9. The summed E-state index contributed by atoms with van der Waals surface area (Å²) < 4.78 is 0. The van der Waals surface area contributed by atoms with E-state index in [1.165, 1.54) is 12.1 Å². The number of phenolic OH excluding ortho intramolecular Hbond substituents is 2. The Kier molecular flexibility index (Phi) is 9.73. The maximum absolute atomic E-state index is 13.9. The van der Waals surface area contributed by atoms with Crippen LogP contribution in [0, 0.1) is 13.8 Å². The van der Waals surface area contributed by atoms with E-state index in [0.29, 0.717) is 55.3 Å². The summed E-state index contributed by atoms with van der Waals surface area (Å²) in [5.41, 5.74) is 6.22. The van der Waals surface area contributed by atoms with Crippen LogP contribution >= 0.6 is 0 Å². The molecule has 0 saturated heterocycles. The van der Waals surface area contributed by atoms with Gasteiger partial charge >= 0.3 is 0 Å². The van der Waals surface area contributed by atoms with Crippen LogP contribution in [0.25, 0.3) is 38.4 Å². The van der Waals surface area contributed by atoms with Crippen molar-refractivity contribution in [3.63, 3.8) is 0 Å². The number of aryl methyl sites for hydroxylation is 2. The maximum Gasteiger partial charge on any atom is 0.259 e. The molecular weight excluding hydrogens is 765 g/mol. The Labute approximate surface area is 350 Å². The van der Waals surface area contributed by atoms with Crippen LogP contribution in [0.4, 0.5) is 17.1 Å². The Morgan fingerprint density at radius 2 is 1.03 bits per heavy atom. The van der Waals surface area contributed by atoms with Crippen molar-refractivity contribution in [3.05, 3.63) is 190 Å². The summed E-state index contributed by atoms with van der Waals surface area (Å²) in [5, 5.41) is 38.0. The van der Waals surface area contributed by atoms with E-state index in [0.717, 1.165) is 27.5 Å². The molecule has 61 heavy (non-hydrogen) atoms. The molecule has 6 N–H and O–H groups in total. The van der Waals surface area contributed by atoms with Gasteiger partial charge in [0.2, 0.25) is 0 Å². The monoisotopic (exact) mass is 802 g/mol. The molecule has 0 spiro atoms. The Bertz CT molecular complexity index is 3190. The van der Waals surface area contributed by atoms with Crippen molar-refractivity contribution in [3.8, 4) is 11.5 Å². The third kappa shape index (κ3) is 7.61.